The fourth-order valence-electron chi connectivity index (χ4n) is 2.65. The van der Waals surface area contributed by atoms with Gasteiger partial charge in [-0.05, 0) is 43.7 Å². The van der Waals surface area contributed by atoms with Crippen molar-refractivity contribution in [1.82, 2.24) is 15.0 Å². The van der Waals surface area contributed by atoms with Gasteiger partial charge < -0.3 is 10.3 Å². The average molecular weight is 466 g/mol. The number of sulfonamides is 1. The van der Waals surface area contributed by atoms with Crippen LogP contribution in [0.2, 0.25) is 5.02 Å². The summed E-state index contributed by atoms with van der Waals surface area (Å²) in [4.78, 5) is 25.8. The van der Waals surface area contributed by atoms with Gasteiger partial charge in [0.05, 0.1) is 15.5 Å². The number of hydrogen-bond donors (Lipinski definition) is 3. The number of aromatic amines is 1. The van der Waals surface area contributed by atoms with Crippen LogP contribution in [0.25, 0.3) is 0 Å². The van der Waals surface area contributed by atoms with Gasteiger partial charge in [0, 0.05) is 30.8 Å². The third kappa shape index (κ3) is 6.07. The molecule has 0 bridgehead atoms. The average Bonchev–Trinajstić information content (AvgIpc) is 2.59. The molecule has 0 aliphatic carbocycles. The van der Waals surface area contributed by atoms with Crippen molar-refractivity contribution in [3.05, 3.63) is 62.0 Å². The number of aryl methyl sites for hydroxylation is 2. The summed E-state index contributed by atoms with van der Waals surface area (Å²) in [6.07, 6.45) is -5.09. The molecule has 0 radical (unpaired) electrons. The molecule has 0 aliphatic rings. The summed E-state index contributed by atoms with van der Waals surface area (Å²) in [5, 5.41) is 1.88. The lowest BCUT2D eigenvalue weighted by Gasteiger charge is -2.12. The van der Waals surface area contributed by atoms with E-state index in [-0.39, 0.29) is 25.1 Å². The molecule has 1 amide bonds. The molecule has 1 heterocycles. The zero-order chi connectivity index (χ0) is 22.7. The highest BCUT2D eigenvalue weighted by molar-refractivity contribution is 7.89. The van der Waals surface area contributed by atoms with Crippen molar-refractivity contribution in [2.75, 3.05) is 6.54 Å². The Morgan fingerprint density at radius 2 is 1.87 bits per heavy atom. The number of H-pyrrole nitrogens is 1. The fourth-order valence-corrected chi connectivity index (χ4v) is 3.93. The van der Waals surface area contributed by atoms with Crippen LogP contribution in [0.15, 0.2) is 34.0 Å². The van der Waals surface area contributed by atoms with Crippen LogP contribution in [0.5, 0.6) is 0 Å². The molecule has 2 aromatic rings. The van der Waals surface area contributed by atoms with Crippen molar-refractivity contribution in [2.45, 2.75) is 37.9 Å². The van der Waals surface area contributed by atoms with Gasteiger partial charge in [-0.15, -0.1) is 0 Å². The summed E-state index contributed by atoms with van der Waals surface area (Å²) in [6, 6.07) is 3.95. The fraction of sp³-hybridized carbons (Fsp3) is 0.333. The Kier molecular flexibility index (Phi) is 7.32. The molecule has 0 aliphatic heterocycles. The Bertz CT molecular complexity index is 1110. The quantitative estimate of drug-likeness (QED) is 0.584. The van der Waals surface area contributed by atoms with E-state index in [1.807, 2.05) is 0 Å². The number of alkyl halides is 3. The zero-order valence-corrected chi connectivity index (χ0v) is 17.6. The lowest BCUT2D eigenvalue weighted by atomic mass is 10.1. The molecule has 2 rings (SSSR count). The summed E-state index contributed by atoms with van der Waals surface area (Å²) >= 11 is 5.48. The first kappa shape index (κ1) is 23.9. The van der Waals surface area contributed by atoms with Crippen LogP contribution in [0.1, 0.15) is 28.8 Å². The second-order valence-electron chi connectivity index (χ2n) is 6.51. The minimum atomic E-state index is -4.81. The summed E-state index contributed by atoms with van der Waals surface area (Å²) in [5.41, 5.74) is 0.133. The molecule has 164 valence electrons. The first-order valence-electron chi connectivity index (χ1n) is 8.64. The van der Waals surface area contributed by atoms with E-state index >= 15 is 0 Å². The van der Waals surface area contributed by atoms with Gasteiger partial charge in [-0.25, -0.2) is 13.1 Å². The molecular weight excluding hydrogens is 447 g/mol. The number of pyridine rings is 1. The maximum atomic E-state index is 12.9. The largest absolute Gasteiger partial charge is 0.417 e. The van der Waals surface area contributed by atoms with Crippen molar-refractivity contribution in [3.63, 3.8) is 0 Å². The summed E-state index contributed by atoms with van der Waals surface area (Å²) < 4.78 is 65.2. The van der Waals surface area contributed by atoms with E-state index in [1.165, 1.54) is 0 Å². The standard InChI is InChI=1S/C18H19ClF3N3O4S/c1-10-7-11(2)25-17(27)13(10)9-23-16(26)5-6-24-30(28,29)12-3-4-15(19)14(8-12)18(20,21)22/h3-4,7-8,24H,5-6,9H2,1-2H3,(H,23,26)(H,25,27). The number of aromatic nitrogens is 1. The van der Waals surface area contributed by atoms with E-state index in [0.29, 0.717) is 22.9 Å². The van der Waals surface area contributed by atoms with Crippen LogP contribution in [0.4, 0.5) is 13.2 Å². The predicted octanol–water partition coefficient (Wildman–Crippen LogP) is 2.65. The number of halogens is 4. The van der Waals surface area contributed by atoms with Crippen LogP contribution in [0, 0.1) is 13.8 Å². The van der Waals surface area contributed by atoms with E-state index in [9.17, 15) is 31.2 Å². The van der Waals surface area contributed by atoms with Crippen molar-refractivity contribution >= 4 is 27.5 Å². The topological polar surface area (TPSA) is 108 Å². The normalized spacial score (nSPS) is 12.1. The first-order chi connectivity index (χ1) is 13.8. The maximum absolute atomic E-state index is 12.9. The Balaban J connectivity index is 1.96. The van der Waals surface area contributed by atoms with Gasteiger partial charge >= 0.3 is 6.18 Å². The molecule has 1 aromatic carbocycles. The predicted molar refractivity (Wildman–Crippen MR) is 105 cm³/mol. The van der Waals surface area contributed by atoms with Crippen molar-refractivity contribution in [2.24, 2.45) is 0 Å². The van der Waals surface area contributed by atoms with Crippen LogP contribution in [-0.2, 0) is 27.5 Å². The third-order valence-corrected chi connectivity index (χ3v) is 5.94. The molecule has 0 saturated carbocycles. The minimum Gasteiger partial charge on any atom is -0.352 e. The van der Waals surface area contributed by atoms with Crippen LogP contribution < -0.4 is 15.6 Å². The Morgan fingerprint density at radius 1 is 1.20 bits per heavy atom. The monoisotopic (exact) mass is 465 g/mol. The summed E-state index contributed by atoms with van der Waals surface area (Å²) in [5.74, 6) is -0.538. The molecule has 12 heteroatoms. The highest BCUT2D eigenvalue weighted by Crippen LogP contribution is 2.35. The molecule has 0 unspecified atom stereocenters. The zero-order valence-electron chi connectivity index (χ0n) is 16.0. The molecule has 0 saturated heterocycles. The van der Waals surface area contributed by atoms with Gasteiger partial charge in [0.2, 0.25) is 15.9 Å². The molecule has 30 heavy (non-hydrogen) atoms. The number of carbonyl (C=O) groups is 1. The number of carbonyl (C=O) groups excluding carboxylic acids is 1. The van der Waals surface area contributed by atoms with Gasteiger partial charge in [0.15, 0.2) is 0 Å². The van der Waals surface area contributed by atoms with E-state index in [0.717, 1.165) is 12.1 Å². The first-order valence-corrected chi connectivity index (χ1v) is 10.5. The number of nitrogens with one attached hydrogen (secondary N) is 3. The second kappa shape index (κ2) is 9.19. The summed E-state index contributed by atoms with van der Waals surface area (Å²) in [6.45, 7) is 3.06. The Morgan fingerprint density at radius 3 is 2.47 bits per heavy atom. The SMILES string of the molecule is Cc1cc(C)c(CNC(=O)CCNS(=O)(=O)c2ccc(Cl)c(C(F)(F)F)c2)c(=O)[nH]1. The molecular formula is C18H19ClF3N3O4S. The number of amides is 1. The van der Waals surface area contributed by atoms with Crippen LogP contribution in [0.3, 0.4) is 0 Å². The van der Waals surface area contributed by atoms with Gasteiger partial charge in [-0.2, -0.15) is 13.2 Å². The number of benzene rings is 1. The van der Waals surface area contributed by atoms with E-state index in [1.54, 1.807) is 19.9 Å². The van der Waals surface area contributed by atoms with Gasteiger partial charge in [-0.1, -0.05) is 11.6 Å². The van der Waals surface area contributed by atoms with Gasteiger partial charge in [-0.3, -0.25) is 9.59 Å². The van der Waals surface area contributed by atoms with E-state index in [2.05, 4.69) is 15.0 Å². The highest BCUT2D eigenvalue weighted by Gasteiger charge is 2.34. The van der Waals surface area contributed by atoms with Crippen molar-refractivity contribution in [1.29, 1.82) is 0 Å². The molecule has 3 N–H and O–H groups in total. The lowest BCUT2D eigenvalue weighted by molar-refractivity contribution is -0.137. The van der Waals surface area contributed by atoms with Crippen LogP contribution >= 0.6 is 11.6 Å². The molecule has 0 atom stereocenters. The van der Waals surface area contributed by atoms with Crippen molar-refractivity contribution in [3.8, 4) is 0 Å². The van der Waals surface area contributed by atoms with Crippen LogP contribution in [-0.4, -0.2) is 25.9 Å². The molecule has 7 nitrogen and oxygen atoms in total. The smallest absolute Gasteiger partial charge is 0.352 e. The second-order valence-corrected chi connectivity index (χ2v) is 8.68. The molecule has 0 fully saturated rings. The molecule has 0 spiro atoms. The Labute approximate surface area is 175 Å². The Hall–Kier alpha value is -2.37. The highest BCUT2D eigenvalue weighted by atomic mass is 35.5. The van der Waals surface area contributed by atoms with E-state index in [4.69, 9.17) is 11.6 Å². The van der Waals surface area contributed by atoms with Gasteiger partial charge in [0.1, 0.15) is 0 Å². The van der Waals surface area contributed by atoms with E-state index < -0.39 is 37.6 Å². The third-order valence-electron chi connectivity index (χ3n) is 4.15. The minimum absolute atomic E-state index is 0.0425. The lowest BCUT2D eigenvalue weighted by Crippen LogP contribution is -2.32. The molecule has 1 aromatic heterocycles. The number of hydrogen-bond acceptors (Lipinski definition) is 4. The van der Waals surface area contributed by atoms with Gasteiger partial charge in [0.25, 0.3) is 5.56 Å². The summed E-state index contributed by atoms with van der Waals surface area (Å²) in [7, 11) is -4.28. The maximum Gasteiger partial charge on any atom is 0.417 e. The number of rotatable bonds is 7. The van der Waals surface area contributed by atoms with Crippen molar-refractivity contribution < 1.29 is 26.4 Å².